The fourth-order valence-electron chi connectivity index (χ4n) is 4.01. The molecule has 6 nitrogen and oxygen atoms in total. The van der Waals surface area contributed by atoms with Crippen LogP contribution in [0.5, 0.6) is 0 Å². The summed E-state index contributed by atoms with van der Waals surface area (Å²) < 4.78 is 25.5. The van der Waals surface area contributed by atoms with Crippen LogP contribution in [0.25, 0.3) is 0 Å². The lowest BCUT2D eigenvalue weighted by Crippen LogP contribution is -2.46. The second-order valence-corrected chi connectivity index (χ2v) is 9.96. The lowest BCUT2D eigenvalue weighted by atomic mass is 10.0. The SMILES string of the molecule is CN1CCN(c2ccccc2CC2C(=O)N(Cc3ccccc3)C=CS2(=O)=O)CC1. The molecule has 1 atom stereocenters. The monoisotopic (exact) mass is 425 g/mol. The first-order valence-corrected chi connectivity index (χ1v) is 11.8. The zero-order chi connectivity index (χ0) is 21.1. The Morgan fingerprint density at radius 1 is 0.933 bits per heavy atom. The minimum absolute atomic E-state index is 0.180. The Labute approximate surface area is 178 Å². The lowest BCUT2D eigenvalue weighted by Gasteiger charge is -2.35. The summed E-state index contributed by atoms with van der Waals surface area (Å²) in [6, 6.07) is 17.4. The number of nitrogens with zero attached hydrogens (tertiary/aromatic N) is 3. The molecular formula is C23H27N3O3S. The number of rotatable bonds is 5. The molecule has 1 unspecified atom stereocenters. The van der Waals surface area contributed by atoms with Gasteiger partial charge < -0.3 is 14.7 Å². The van der Waals surface area contributed by atoms with Crippen molar-refractivity contribution in [2.45, 2.75) is 18.2 Å². The number of benzene rings is 2. The van der Waals surface area contributed by atoms with Gasteiger partial charge in [-0.1, -0.05) is 48.5 Å². The van der Waals surface area contributed by atoms with Crippen LogP contribution in [0, 0.1) is 0 Å². The van der Waals surface area contributed by atoms with Crippen LogP contribution in [0.1, 0.15) is 11.1 Å². The first-order chi connectivity index (χ1) is 14.4. The van der Waals surface area contributed by atoms with Crippen molar-refractivity contribution < 1.29 is 13.2 Å². The first-order valence-electron chi connectivity index (χ1n) is 10.2. The molecule has 7 heteroatoms. The zero-order valence-corrected chi connectivity index (χ0v) is 18.0. The molecule has 0 N–H and O–H groups in total. The highest BCUT2D eigenvalue weighted by Crippen LogP contribution is 2.27. The van der Waals surface area contributed by atoms with Crippen LogP contribution >= 0.6 is 0 Å². The maximum absolute atomic E-state index is 13.2. The van der Waals surface area contributed by atoms with Crippen LogP contribution in [0.3, 0.4) is 0 Å². The molecule has 2 heterocycles. The highest BCUT2D eigenvalue weighted by molar-refractivity contribution is 7.95. The van der Waals surface area contributed by atoms with Gasteiger partial charge in [-0.25, -0.2) is 8.42 Å². The summed E-state index contributed by atoms with van der Waals surface area (Å²) in [5.41, 5.74) is 2.89. The predicted molar refractivity (Wildman–Crippen MR) is 119 cm³/mol. The maximum atomic E-state index is 13.2. The molecule has 0 spiro atoms. The molecule has 0 aliphatic carbocycles. The number of anilines is 1. The molecule has 2 aliphatic heterocycles. The van der Waals surface area contributed by atoms with E-state index in [1.165, 1.54) is 16.5 Å². The molecule has 2 aliphatic rings. The van der Waals surface area contributed by atoms with E-state index >= 15 is 0 Å². The second-order valence-electron chi connectivity index (χ2n) is 7.94. The minimum atomic E-state index is -3.65. The third-order valence-electron chi connectivity index (χ3n) is 5.82. The third kappa shape index (κ3) is 4.42. The van der Waals surface area contributed by atoms with Gasteiger partial charge >= 0.3 is 0 Å². The zero-order valence-electron chi connectivity index (χ0n) is 17.1. The van der Waals surface area contributed by atoms with E-state index in [1.54, 1.807) is 0 Å². The van der Waals surface area contributed by atoms with E-state index in [-0.39, 0.29) is 12.3 Å². The van der Waals surface area contributed by atoms with Gasteiger partial charge in [-0.3, -0.25) is 4.79 Å². The van der Waals surface area contributed by atoms with Crippen LogP contribution in [-0.2, 0) is 27.6 Å². The molecule has 158 valence electrons. The summed E-state index contributed by atoms with van der Waals surface area (Å²) in [5.74, 6) is -0.366. The third-order valence-corrected chi connectivity index (χ3v) is 7.48. The minimum Gasteiger partial charge on any atom is -0.369 e. The highest BCUT2D eigenvalue weighted by Gasteiger charge is 2.38. The van der Waals surface area contributed by atoms with Crippen LogP contribution in [0.15, 0.2) is 66.2 Å². The average molecular weight is 426 g/mol. The molecule has 30 heavy (non-hydrogen) atoms. The van der Waals surface area contributed by atoms with Crippen molar-refractivity contribution in [2.24, 2.45) is 0 Å². The molecule has 0 bridgehead atoms. The van der Waals surface area contributed by atoms with Gasteiger partial charge in [-0.15, -0.1) is 0 Å². The smallest absolute Gasteiger partial charge is 0.245 e. The predicted octanol–water partition coefficient (Wildman–Crippen LogP) is 2.28. The number of sulfone groups is 1. The highest BCUT2D eigenvalue weighted by atomic mass is 32.2. The van der Waals surface area contributed by atoms with E-state index in [9.17, 15) is 13.2 Å². The summed E-state index contributed by atoms with van der Waals surface area (Å²) in [5, 5.41) is 0.0836. The molecule has 1 amide bonds. The number of para-hydroxylation sites is 1. The quantitative estimate of drug-likeness (QED) is 0.736. The van der Waals surface area contributed by atoms with Gasteiger partial charge in [-0.05, 0) is 24.2 Å². The Balaban J connectivity index is 1.58. The number of carbonyl (C=O) groups excluding carboxylic acids is 1. The van der Waals surface area contributed by atoms with Crippen LogP contribution < -0.4 is 4.90 Å². The second kappa shape index (κ2) is 8.62. The van der Waals surface area contributed by atoms with Crippen LogP contribution in [-0.4, -0.2) is 62.6 Å². The van der Waals surface area contributed by atoms with E-state index in [0.717, 1.165) is 43.0 Å². The number of hydrogen-bond acceptors (Lipinski definition) is 5. The summed E-state index contributed by atoms with van der Waals surface area (Å²) in [4.78, 5) is 19.2. The van der Waals surface area contributed by atoms with Crippen molar-refractivity contribution in [3.63, 3.8) is 0 Å². The van der Waals surface area contributed by atoms with Gasteiger partial charge in [0.2, 0.25) is 5.91 Å². The molecule has 2 aromatic carbocycles. The number of piperazine rings is 1. The number of likely N-dealkylation sites (N-methyl/N-ethyl adjacent to an activating group) is 1. The van der Waals surface area contributed by atoms with Gasteiger partial charge in [0.25, 0.3) is 0 Å². The Morgan fingerprint density at radius 3 is 2.33 bits per heavy atom. The fraction of sp³-hybridized carbons (Fsp3) is 0.348. The fourth-order valence-corrected chi connectivity index (χ4v) is 5.34. The molecule has 4 rings (SSSR count). The Bertz CT molecular complexity index is 1030. The van der Waals surface area contributed by atoms with E-state index in [1.807, 2.05) is 54.6 Å². The van der Waals surface area contributed by atoms with Crippen molar-refractivity contribution in [3.05, 3.63) is 77.3 Å². The van der Waals surface area contributed by atoms with Crippen molar-refractivity contribution in [1.29, 1.82) is 0 Å². The Hall–Kier alpha value is -2.64. The van der Waals surface area contributed by atoms with Crippen LogP contribution in [0.2, 0.25) is 0 Å². The van der Waals surface area contributed by atoms with E-state index < -0.39 is 15.1 Å². The van der Waals surface area contributed by atoms with Crippen LogP contribution in [0.4, 0.5) is 5.69 Å². The Kier molecular flexibility index (Phi) is 5.92. The molecule has 2 aromatic rings. The molecular weight excluding hydrogens is 398 g/mol. The standard InChI is InChI=1S/C23H27N3O3S/c1-24-11-13-25(14-12-24)21-10-6-5-9-20(21)17-22-23(27)26(15-16-30(22,28)29)18-19-7-3-2-4-8-19/h2-10,15-16,22H,11-14,17-18H2,1H3. The Morgan fingerprint density at radius 2 is 1.60 bits per heavy atom. The van der Waals surface area contributed by atoms with Crippen molar-refractivity contribution in [2.75, 3.05) is 38.1 Å². The van der Waals surface area contributed by atoms with Crippen molar-refractivity contribution in [3.8, 4) is 0 Å². The molecule has 0 radical (unpaired) electrons. The van der Waals surface area contributed by atoms with Gasteiger partial charge in [0, 0.05) is 49.9 Å². The van der Waals surface area contributed by atoms with Gasteiger partial charge in [0.1, 0.15) is 5.25 Å². The average Bonchev–Trinajstić information content (AvgIpc) is 2.75. The lowest BCUT2D eigenvalue weighted by molar-refractivity contribution is -0.128. The first kappa shape index (κ1) is 20.6. The number of carbonyl (C=O) groups is 1. The molecule has 1 fully saturated rings. The van der Waals surface area contributed by atoms with Gasteiger partial charge in [-0.2, -0.15) is 0 Å². The summed E-state index contributed by atoms with van der Waals surface area (Å²) in [6.45, 7) is 4.06. The largest absolute Gasteiger partial charge is 0.369 e. The van der Waals surface area contributed by atoms with E-state index in [4.69, 9.17) is 0 Å². The summed E-state index contributed by atoms with van der Waals surface area (Å²) >= 11 is 0. The van der Waals surface area contributed by atoms with E-state index in [0.29, 0.717) is 6.54 Å². The molecule has 0 saturated carbocycles. The van der Waals surface area contributed by atoms with Crippen molar-refractivity contribution >= 4 is 21.4 Å². The maximum Gasteiger partial charge on any atom is 0.245 e. The molecule has 1 saturated heterocycles. The van der Waals surface area contributed by atoms with E-state index in [2.05, 4.69) is 16.8 Å². The molecule has 0 aromatic heterocycles. The van der Waals surface area contributed by atoms with Crippen molar-refractivity contribution in [1.82, 2.24) is 9.80 Å². The number of hydrogen-bond donors (Lipinski definition) is 0. The topological polar surface area (TPSA) is 60.9 Å². The van der Waals surface area contributed by atoms with Gasteiger partial charge in [0.05, 0.1) is 6.54 Å². The van der Waals surface area contributed by atoms with Gasteiger partial charge in [0.15, 0.2) is 9.84 Å². The summed E-state index contributed by atoms with van der Waals surface area (Å²) in [6.07, 6.45) is 1.58. The summed E-state index contributed by atoms with van der Waals surface area (Å²) in [7, 11) is -1.55. The number of amides is 1. The normalized spacial score (nSPS) is 21.8.